The summed E-state index contributed by atoms with van der Waals surface area (Å²) in [7, 11) is -3.59. The molecule has 0 amide bonds. The van der Waals surface area contributed by atoms with Crippen molar-refractivity contribution in [1.29, 1.82) is 0 Å². The zero-order valence-corrected chi connectivity index (χ0v) is 15.2. The fourth-order valence-electron chi connectivity index (χ4n) is 2.43. The summed E-state index contributed by atoms with van der Waals surface area (Å²) < 4.78 is 38.2. The minimum atomic E-state index is -3.59. The summed E-state index contributed by atoms with van der Waals surface area (Å²) in [5.41, 5.74) is 1.55. The summed E-state index contributed by atoms with van der Waals surface area (Å²) in [5, 5.41) is 1.75. The molecular weight excluding hydrogens is 362 g/mol. The Balaban J connectivity index is 1.70. The molecule has 0 aromatic heterocycles. The lowest BCUT2D eigenvalue weighted by Crippen LogP contribution is -2.25. The lowest BCUT2D eigenvalue weighted by atomic mass is 10.1. The second kappa shape index (κ2) is 7.47. The molecule has 1 aliphatic rings. The summed E-state index contributed by atoms with van der Waals surface area (Å²) in [6.45, 7) is 2.78. The lowest BCUT2D eigenvalue weighted by molar-refractivity contribution is 0.171. The molecule has 1 aliphatic heterocycles. The van der Waals surface area contributed by atoms with Crippen LogP contribution in [0.25, 0.3) is 6.08 Å². The SMILES string of the molecule is C[C@H](NS(=O)(=O)/C=C/c1ccc(Cl)cc1)c1ccc2c(c1)OCCO2. The van der Waals surface area contributed by atoms with E-state index in [9.17, 15) is 8.42 Å². The third kappa shape index (κ3) is 4.75. The molecule has 25 heavy (non-hydrogen) atoms. The molecule has 1 heterocycles. The molecule has 2 aromatic carbocycles. The number of sulfonamides is 1. The third-order valence-electron chi connectivity index (χ3n) is 3.72. The minimum Gasteiger partial charge on any atom is -0.486 e. The average molecular weight is 380 g/mol. The monoisotopic (exact) mass is 379 g/mol. The van der Waals surface area contributed by atoms with Crippen molar-refractivity contribution in [2.24, 2.45) is 0 Å². The van der Waals surface area contributed by atoms with Crippen molar-refractivity contribution in [3.8, 4) is 11.5 Å². The minimum absolute atomic E-state index is 0.407. The van der Waals surface area contributed by atoms with Crippen LogP contribution >= 0.6 is 11.6 Å². The first-order valence-corrected chi connectivity index (χ1v) is 9.71. The Bertz CT molecular complexity index is 878. The second-order valence-corrected chi connectivity index (χ2v) is 7.68. The van der Waals surface area contributed by atoms with Crippen LogP contribution in [0.4, 0.5) is 0 Å². The maximum atomic E-state index is 12.3. The molecule has 0 fully saturated rings. The highest BCUT2D eigenvalue weighted by molar-refractivity contribution is 7.92. The van der Waals surface area contributed by atoms with E-state index in [-0.39, 0.29) is 0 Å². The standard InChI is InChI=1S/C18H18ClNO4S/c1-13(15-4-7-17-18(12-15)24-10-9-23-17)20-25(21,22)11-8-14-2-5-16(19)6-3-14/h2-8,11-13,20H,9-10H2,1H3/b11-8+/t13-/m0/s1. The molecule has 7 heteroatoms. The maximum Gasteiger partial charge on any atom is 0.234 e. The van der Waals surface area contributed by atoms with E-state index in [0.717, 1.165) is 16.5 Å². The van der Waals surface area contributed by atoms with Crippen molar-refractivity contribution in [2.75, 3.05) is 13.2 Å². The van der Waals surface area contributed by atoms with E-state index < -0.39 is 16.1 Å². The summed E-state index contributed by atoms with van der Waals surface area (Å²) in [4.78, 5) is 0. The Kier molecular flexibility index (Phi) is 5.32. The van der Waals surface area contributed by atoms with Crippen LogP contribution in [0.3, 0.4) is 0 Å². The van der Waals surface area contributed by atoms with Gasteiger partial charge in [-0.25, -0.2) is 13.1 Å². The summed E-state index contributed by atoms with van der Waals surface area (Å²) in [5.74, 6) is 1.30. The van der Waals surface area contributed by atoms with Gasteiger partial charge in [0.25, 0.3) is 0 Å². The van der Waals surface area contributed by atoms with Crippen LogP contribution in [-0.4, -0.2) is 21.6 Å². The highest BCUT2D eigenvalue weighted by Crippen LogP contribution is 2.32. The Hall–Kier alpha value is -2.02. The molecule has 0 aliphatic carbocycles. The third-order valence-corrected chi connectivity index (χ3v) is 5.15. The quantitative estimate of drug-likeness (QED) is 0.859. The Morgan fingerprint density at radius 1 is 1.08 bits per heavy atom. The molecule has 0 unspecified atom stereocenters. The normalized spacial score (nSPS) is 15.3. The van der Waals surface area contributed by atoms with Crippen LogP contribution in [0.5, 0.6) is 11.5 Å². The van der Waals surface area contributed by atoms with Crippen molar-refractivity contribution in [3.05, 3.63) is 64.0 Å². The number of nitrogens with one attached hydrogen (secondary N) is 1. The number of rotatable bonds is 5. The molecule has 1 atom stereocenters. The van der Waals surface area contributed by atoms with Gasteiger partial charge in [-0.15, -0.1) is 0 Å². The Morgan fingerprint density at radius 3 is 2.48 bits per heavy atom. The summed E-state index contributed by atoms with van der Waals surface area (Å²) in [6.07, 6.45) is 1.52. The van der Waals surface area contributed by atoms with Gasteiger partial charge in [0.15, 0.2) is 11.5 Å². The van der Waals surface area contributed by atoms with Gasteiger partial charge in [-0.2, -0.15) is 0 Å². The first-order chi connectivity index (χ1) is 11.9. The van der Waals surface area contributed by atoms with Gasteiger partial charge in [-0.3, -0.25) is 0 Å². The van der Waals surface area contributed by atoms with Crippen LogP contribution < -0.4 is 14.2 Å². The number of ether oxygens (including phenoxy) is 2. The molecule has 0 radical (unpaired) electrons. The Labute approximate surface area is 152 Å². The summed E-state index contributed by atoms with van der Waals surface area (Å²) >= 11 is 5.82. The van der Waals surface area contributed by atoms with Crippen molar-refractivity contribution in [2.45, 2.75) is 13.0 Å². The van der Waals surface area contributed by atoms with Gasteiger partial charge in [0.1, 0.15) is 13.2 Å². The molecule has 0 saturated heterocycles. The van der Waals surface area contributed by atoms with Gasteiger partial charge in [-0.1, -0.05) is 29.8 Å². The highest BCUT2D eigenvalue weighted by Gasteiger charge is 2.17. The van der Waals surface area contributed by atoms with Gasteiger partial charge in [0, 0.05) is 16.5 Å². The van der Waals surface area contributed by atoms with Gasteiger partial charge in [0.05, 0.1) is 0 Å². The van der Waals surface area contributed by atoms with Crippen molar-refractivity contribution < 1.29 is 17.9 Å². The van der Waals surface area contributed by atoms with E-state index in [0.29, 0.717) is 29.7 Å². The molecule has 3 rings (SSSR count). The first kappa shape index (κ1) is 17.8. The largest absolute Gasteiger partial charge is 0.486 e. The zero-order valence-electron chi connectivity index (χ0n) is 13.6. The van der Waals surface area contributed by atoms with E-state index in [2.05, 4.69) is 4.72 Å². The maximum absolute atomic E-state index is 12.3. The number of hydrogen-bond donors (Lipinski definition) is 1. The van der Waals surface area contributed by atoms with Crippen LogP contribution in [0.1, 0.15) is 24.1 Å². The Morgan fingerprint density at radius 2 is 1.76 bits per heavy atom. The average Bonchev–Trinajstić information content (AvgIpc) is 2.60. The van der Waals surface area contributed by atoms with Crippen molar-refractivity contribution in [1.82, 2.24) is 4.72 Å². The van der Waals surface area contributed by atoms with E-state index in [4.69, 9.17) is 21.1 Å². The fourth-order valence-corrected chi connectivity index (χ4v) is 3.59. The van der Waals surface area contributed by atoms with Gasteiger partial charge in [0.2, 0.25) is 10.0 Å². The van der Waals surface area contributed by atoms with E-state index in [1.54, 1.807) is 43.3 Å². The zero-order chi connectivity index (χ0) is 17.9. The van der Waals surface area contributed by atoms with E-state index in [1.165, 1.54) is 6.08 Å². The van der Waals surface area contributed by atoms with Crippen LogP contribution in [-0.2, 0) is 10.0 Å². The number of halogens is 1. The van der Waals surface area contributed by atoms with Gasteiger partial charge >= 0.3 is 0 Å². The molecule has 1 N–H and O–H groups in total. The first-order valence-electron chi connectivity index (χ1n) is 7.78. The van der Waals surface area contributed by atoms with E-state index >= 15 is 0 Å². The van der Waals surface area contributed by atoms with Gasteiger partial charge in [-0.05, 0) is 48.4 Å². The lowest BCUT2D eigenvalue weighted by Gasteiger charge is -2.20. The molecule has 5 nitrogen and oxygen atoms in total. The predicted octanol–water partition coefficient (Wildman–Crippen LogP) is 3.76. The molecule has 2 aromatic rings. The molecule has 0 saturated carbocycles. The predicted molar refractivity (Wildman–Crippen MR) is 98.4 cm³/mol. The molecular formula is C18H18ClNO4S. The van der Waals surface area contributed by atoms with Gasteiger partial charge < -0.3 is 9.47 Å². The topological polar surface area (TPSA) is 64.6 Å². The smallest absolute Gasteiger partial charge is 0.234 e. The fraction of sp³-hybridized carbons (Fsp3) is 0.222. The van der Waals surface area contributed by atoms with E-state index in [1.807, 2.05) is 6.07 Å². The van der Waals surface area contributed by atoms with Crippen molar-refractivity contribution in [3.63, 3.8) is 0 Å². The molecule has 0 spiro atoms. The number of hydrogen-bond acceptors (Lipinski definition) is 4. The van der Waals surface area contributed by atoms with Crippen LogP contribution in [0.2, 0.25) is 5.02 Å². The second-order valence-electron chi connectivity index (χ2n) is 5.64. The van der Waals surface area contributed by atoms with Crippen LogP contribution in [0.15, 0.2) is 47.9 Å². The number of fused-ring (bicyclic) bond motifs is 1. The summed E-state index contributed by atoms with van der Waals surface area (Å²) in [6, 6.07) is 11.9. The highest BCUT2D eigenvalue weighted by atomic mass is 35.5. The molecule has 0 bridgehead atoms. The van der Waals surface area contributed by atoms with Crippen molar-refractivity contribution >= 4 is 27.7 Å². The van der Waals surface area contributed by atoms with Crippen LogP contribution in [0, 0.1) is 0 Å². The molecule has 132 valence electrons. The number of benzene rings is 2.